The number of rotatable bonds is 5. The van der Waals surface area contributed by atoms with Crippen molar-refractivity contribution in [2.45, 2.75) is 26.7 Å². The summed E-state index contributed by atoms with van der Waals surface area (Å²) in [5.74, 6) is 0.830. The zero-order valence-corrected chi connectivity index (χ0v) is 10.8. The second-order valence-electron chi connectivity index (χ2n) is 4.74. The van der Waals surface area contributed by atoms with Crippen LogP contribution in [0.2, 0.25) is 0 Å². The van der Waals surface area contributed by atoms with Gasteiger partial charge in [0, 0.05) is 26.2 Å². The molecule has 1 fully saturated rings. The molecule has 0 aromatic rings. The van der Waals surface area contributed by atoms with Gasteiger partial charge in [0.05, 0.1) is 0 Å². The highest BCUT2D eigenvalue weighted by Crippen LogP contribution is 2.22. The minimum atomic E-state index is -3.35. The van der Waals surface area contributed by atoms with Crippen LogP contribution in [0.5, 0.6) is 0 Å². The van der Waals surface area contributed by atoms with Crippen LogP contribution in [-0.2, 0) is 10.2 Å². The van der Waals surface area contributed by atoms with Crippen molar-refractivity contribution in [3.05, 3.63) is 0 Å². The number of nitrogens with one attached hydrogen (secondary N) is 1. The first-order valence-electron chi connectivity index (χ1n) is 5.81. The molecule has 2 N–H and O–H groups in total. The summed E-state index contributed by atoms with van der Waals surface area (Å²) in [6.45, 7) is 5.66. The van der Waals surface area contributed by atoms with Crippen molar-refractivity contribution < 1.29 is 13.5 Å². The smallest absolute Gasteiger partial charge is 0.279 e. The molecule has 0 aliphatic carbocycles. The van der Waals surface area contributed by atoms with Crippen molar-refractivity contribution in [3.63, 3.8) is 0 Å². The molecule has 1 heterocycles. The van der Waals surface area contributed by atoms with Crippen LogP contribution in [0.15, 0.2) is 0 Å². The fourth-order valence-electron chi connectivity index (χ4n) is 2.17. The van der Waals surface area contributed by atoms with Crippen LogP contribution in [0.25, 0.3) is 0 Å². The van der Waals surface area contributed by atoms with E-state index in [-0.39, 0.29) is 6.61 Å². The van der Waals surface area contributed by atoms with E-state index in [4.69, 9.17) is 5.11 Å². The molecule has 1 aliphatic heterocycles. The van der Waals surface area contributed by atoms with Crippen LogP contribution in [0.4, 0.5) is 0 Å². The summed E-state index contributed by atoms with van der Waals surface area (Å²) in [6, 6.07) is 0. The first kappa shape index (κ1) is 13.9. The molecule has 16 heavy (non-hydrogen) atoms. The maximum absolute atomic E-state index is 11.9. The molecule has 5 nitrogen and oxygen atoms in total. The quantitative estimate of drug-likeness (QED) is 0.684. The van der Waals surface area contributed by atoms with Gasteiger partial charge in [-0.1, -0.05) is 13.8 Å². The Morgan fingerprint density at radius 1 is 1.31 bits per heavy atom. The molecular formula is C10H22N2O3S. The Hall–Kier alpha value is -0.170. The van der Waals surface area contributed by atoms with Gasteiger partial charge in [0.2, 0.25) is 0 Å². The van der Waals surface area contributed by atoms with Gasteiger partial charge >= 0.3 is 0 Å². The van der Waals surface area contributed by atoms with E-state index < -0.39 is 10.2 Å². The maximum Gasteiger partial charge on any atom is 0.279 e. The van der Waals surface area contributed by atoms with Crippen molar-refractivity contribution in [1.82, 2.24) is 9.03 Å². The summed E-state index contributed by atoms with van der Waals surface area (Å²) < 4.78 is 27.8. The number of aliphatic hydroxyl groups is 1. The van der Waals surface area contributed by atoms with Crippen LogP contribution < -0.4 is 4.72 Å². The molecule has 0 bridgehead atoms. The number of piperidine rings is 1. The minimum Gasteiger partial charge on any atom is -0.396 e. The van der Waals surface area contributed by atoms with Gasteiger partial charge in [-0.25, -0.2) is 4.72 Å². The Kier molecular flexibility index (Phi) is 5.17. The van der Waals surface area contributed by atoms with Gasteiger partial charge < -0.3 is 5.11 Å². The molecule has 0 amide bonds. The van der Waals surface area contributed by atoms with Crippen molar-refractivity contribution in [1.29, 1.82) is 0 Å². The highest BCUT2D eigenvalue weighted by Gasteiger charge is 2.29. The van der Waals surface area contributed by atoms with Crippen LogP contribution in [-0.4, -0.2) is 44.1 Å². The molecule has 1 aliphatic rings. The van der Waals surface area contributed by atoms with Gasteiger partial charge in [-0.05, 0) is 24.7 Å². The summed E-state index contributed by atoms with van der Waals surface area (Å²) in [5, 5.41) is 8.61. The average Bonchev–Trinajstić information content (AvgIpc) is 2.16. The van der Waals surface area contributed by atoms with Crippen molar-refractivity contribution in [2.24, 2.45) is 11.8 Å². The average molecular weight is 250 g/mol. The fourth-order valence-corrected chi connectivity index (χ4v) is 3.66. The monoisotopic (exact) mass is 250 g/mol. The first-order chi connectivity index (χ1) is 7.45. The topological polar surface area (TPSA) is 69.6 Å². The maximum atomic E-state index is 11.9. The molecule has 2 unspecified atom stereocenters. The lowest BCUT2D eigenvalue weighted by Gasteiger charge is -2.33. The Morgan fingerprint density at radius 3 is 2.38 bits per heavy atom. The molecule has 1 rings (SSSR count). The molecule has 2 atom stereocenters. The highest BCUT2D eigenvalue weighted by molar-refractivity contribution is 7.87. The molecule has 6 heteroatoms. The molecule has 0 spiro atoms. The minimum absolute atomic E-state index is 0.00925. The highest BCUT2D eigenvalue weighted by atomic mass is 32.2. The Morgan fingerprint density at radius 2 is 1.88 bits per heavy atom. The SMILES string of the molecule is CC1CC(C)CN(S(=O)(=O)NCCCO)C1. The third-order valence-corrected chi connectivity index (χ3v) is 4.34. The van der Waals surface area contributed by atoms with E-state index in [9.17, 15) is 8.42 Å². The number of hydrogen-bond donors (Lipinski definition) is 2. The molecule has 1 saturated heterocycles. The molecule has 0 aromatic heterocycles. The zero-order chi connectivity index (χ0) is 12.2. The van der Waals surface area contributed by atoms with Crippen LogP contribution in [0.3, 0.4) is 0 Å². The van der Waals surface area contributed by atoms with Crippen molar-refractivity contribution in [3.8, 4) is 0 Å². The molecular weight excluding hydrogens is 228 g/mol. The lowest BCUT2D eigenvalue weighted by atomic mass is 9.94. The predicted octanol–water partition coefficient (Wildman–Crippen LogP) is 0.181. The first-order valence-corrected chi connectivity index (χ1v) is 7.25. The van der Waals surface area contributed by atoms with E-state index in [2.05, 4.69) is 18.6 Å². The predicted molar refractivity (Wildman–Crippen MR) is 63.1 cm³/mol. The van der Waals surface area contributed by atoms with Gasteiger partial charge in [0.1, 0.15) is 0 Å². The molecule has 0 aromatic carbocycles. The Bertz CT molecular complexity index is 295. The van der Waals surface area contributed by atoms with Gasteiger partial charge in [-0.2, -0.15) is 12.7 Å². The van der Waals surface area contributed by atoms with Crippen LogP contribution in [0, 0.1) is 11.8 Å². The van der Waals surface area contributed by atoms with Crippen molar-refractivity contribution >= 4 is 10.2 Å². The van der Waals surface area contributed by atoms with Gasteiger partial charge in [-0.15, -0.1) is 0 Å². The largest absolute Gasteiger partial charge is 0.396 e. The lowest BCUT2D eigenvalue weighted by Crippen LogP contribution is -2.48. The second-order valence-corrected chi connectivity index (χ2v) is 6.49. The Balaban J connectivity index is 2.53. The van der Waals surface area contributed by atoms with Crippen LogP contribution in [0.1, 0.15) is 26.7 Å². The van der Waals surface area contributed by atoms with Crippen molar-refractivity contribution in [2.75, 3.05) is 26.2 Å². The molecule has 0 saturated carbocycles. The summed E-state index contributed by atoms with van der Waals surface area (Å²) in [6.07, 6.45) is 1.54. The summed E-state index contributed by atoms with van der Waals surface area (Å²) in [7, 11) is -3.35. The van der Waals surface area contributed by atoms with Gasteiger partial charge in [0.15, 0.2) is 0 Å². The summed E-state index contributed by atoms with van der Waals surface area (Å²) >= 11 is 0. The summed E-state index contributed by atoms with van der Waals surface area (Å²) in [5.41, 5.74) is 0. The molecule has 0 radical (unpaired) electrons. The number of aliphatic hydroxyl groups excluding tert-OH is 1. The normalized spacial score (nSPS) is 28.2. The molecule has 96 valence electrons. The number of nitrogens with zero attached hydrogens (tertiary/aromatic N) is 1. The van der Waals surface area contributed by atoms with E-state index in [1.54, 1.807) is 0 Å². The third kappa shape index (κ3) is 4.01. The van der Waals surface area contributed by atoms with Gasteiger partial charge in [0.25, 0.3) is 10.2 Å². The van der Waals surface area contributed by atoms with E-state index in [1.165, 1.54) is 4.31 Å². The van der Waals surface area contributed by atoms with E-state index in [0.29, 0.717) is 37.9 Å². The second kappa shape index (κ2) is 5.95. The lowest BCUT2D eigenvalue weighted by molar-refractivity contribution is 0.220. The van der Waals surface area contributed by atoms with Crippen LogP contribution >= 0.6 is 0 Å². The Labute approximate surface area is 98.0 Å². The zero-order valence-electron chi connectivity index (χ0n) is 10.0. The van der Waals surface area contributed by atoms with Gasteiger partial charge in [-0.3, -0.25) is 0 Å². The summed E-state index contributed by atoms with van der Waals surface area (Å²) in [4.78, 5) is 0. The standard InChI is InChI=1S/C10H22N2O3S/c1-9-6-10(2)8-12(7-9)16(14,15)11-4-3-5-13/h9-11,13H,3-8H2,1-2H3. The van der Waals surface area contributed by atoms with E-state index in [0.717, 1.165) is 6.42 Å². The third-order valence-electron chi connectivity index (χ3n) is 2.79. The van der Waals surface area contributed by atoms with E-state index >= 15 is 0 Å². The fraction of sp³-hybridized carbons (Fsp3) is 1.00. The number of hydrogen-bond acceptors (Lipinski definition) is 3. The van der Waals surface area contributed by atoms with E-state index in [1.807, 2.05) is 0 Å².